The van der Waals surface area contributed by atoms with E-state index in [0.717, 1.165) is 38.9 Å². The van der Waals surface area contributed by atoms with E-state index in [1.165, 1.54) is 44.9 Å². The quantitative estimate of drug-likeness (QED) is 0.274. The third-order valence-electron chi connectivity index (χ3n) is 3.23. The number of nitrogens with zero attached hydrogens (tertiary/aromatic N) is 1. The van der Waals surface area contributed by atoms with Crippen molar-refractivity contribution in [2.24, 2.45) is 16.5 Å². The molecule has 4 heteroatoms. The molecule has 5 N–H and O–H groups in total. The molecular formula is C15H34N4. The first-order valence-electron chi connectivity index (χ1n) is 8.05. The molecule has 0 aliphatic carbocycles. The lowest BCUT2D eigenvalue weighted by atomic mass is 10.1. The van der Waals surface area contributed by atoms with Crippen LogP contribution >= 0.6 is 0 Å². The fourth-order valence-corrected chi connectivity index (χ4v) is 1.99. The van der Waals surface area contributed by atoms with Crippen LogP contribution in [0.5, 0.6) is 0 Å². The molecule has 0 aliphatic heterocycles. The number of nitrogens with two attached hydrogens (primary N) is 2. The van der Waals surface area contributed by atoms with Gasteiger partial charge in [0.05, 0.1) is 0 Å². The third-order valence-corrected chi connectivity index (χ3v) is 3.23. The Kier molecular flexibility index (Phi) is 14.7. The fraction of sp³-hybridized carbons (Fsp3) is 0.933. The van der Waals surface area contributed by atoms with E-state index < -0.39 is 0 Å². The van der Waals surface area contributed by atoms with Gasteiger partial charge in [0.25, 0.3) is 0 Å². The van der Waals surface area contributed by atoms with Gasteiger partial charge >= 0.3 is 0 Å². The van der Waals surface area contributed by atoms with Crippen LogP contribution in [0.15, 0.2) is 4.99 Å². The Balaban J connectivity index is 3.22. The van der Waals surface area contributed by atoms with Gasteiger partial charge in [-0.3, -0.25) is 4.99 Å². The lowest BCUT2D eigenvalue weighted by Crippen LogP contribution is -2.32. The number of guanidine groups is 1. The van der Waals surface area contributed by atoms with Crippen LogP contribution in [0.1, 0.15) is 71.1 Å². The van der Waals surface area contributed by atoms with Gasteiger partial charge < -0.3 is 16.8 Å². The molecule has 0 saturated heterocycles. The Hall–Kier alpha value is -0.770. The molecule has 0 heterocycles. The van der Waals surface area contributed by atoms with Crippen LogP contribution in [0.2, 0.25) is 0 Å². The minimum Gasteiger partial charge on any atom is -0.370 e. The van der Waals surface area contributed by atoms with Gasteiger partial charge in [-0.25, -0.2) is 0 Å². The zero-order valence-corrected chi connectivity index (χ0v) is 12.8. The Morgan fingerprint density at radius 2 is 1.53 bits per heavy atom. The fourth-order valence-electron chi connectivity index (χ4n) is 1.99. The van der Waals surface area contributed by atoms with E-state index in [-0.39, 0.29) is 0 Å². The van der Waals surface area contributed by atoms with E-state index in [2.05, 4.69) is 17.2 Å². The Labute approximate surface area is 119 Å². The van der Waals surface area contributed by atoms with Gasteiger partial charge in [-0.05, 0) is 25.8 Å². The van der Waals surface area contributed by atoms with Crippen LogP contribution in [0.4, 0.5) is 0 Å². The molecule has 0 rings (SSSR count). The van der Waals surface area contributed by atoms with Crippen molar-refractivity contribution in [3.05, 3.63) is 0 Å². The van der Waals surface area contributed by atoms with Crippen LogP contribution < -0.4 is 16.8 Å². The summed E-state index contributed by atoms with van der Waals surface area (Å²) in [4.78, 5) is 4.32. The molecule has 0 fully saturated rings. The molecule has 4 nitrogen and oxygen atoms in total. The highest BCUT2D eigenvalue weighted by Crippen LogP contribution is 2.08. The molecule has 0 aliphatic rings. The lowest BCUT2D eigenvalue weighted by Gasteiger charge is -2.05. The van der Waals surface area contributed by atoms with Gasteiger partial charge in [0.15, 0.2) is 5.96 Å². The molecule has 0 aromatic rings. The van der Waals surface area contributed by atoms with Gasteiger partial charge in [0.2, 0.25) is 0 Å². The summed E-state index contributed by atoms with van der Waals surface area (Å²) in [5.74, 6) is 0.583. The second-order valence-electron chi connectivity index (χ2n) is 5.16. The predicted octanol–water partition coefficient (Wildman–Crippen LogP) is 2.77. The van der Waals surface area contributed by atoms with Crippen molar-refractivity contribution in [1.29, 1.82) is 0 Å². The van der Waals surface area contributed by atoms with Crippen LogP contribution in [0.25, 0.3) is 0 Å². The summed E-state index contributed by atoms with van der Waals surface area (Å²) in [7, 11) is 0. The number of rotatable bonds is 13. The number of nitrogens with one attached hydrogen (secondary N) is 1. The van der Waals surface area contributed by atoms with Crippen LogP contribution in [-0.2, 0) is 0 Å². The first-order chi connectivity index (χ1) is 9.31. The Bertz CT molecular complexity index is 204. The van der Waals surface area contributed by atoms with Gasteiger partial charge in [-0.2, -0.15) is 0 Å². The maximum atomic E-state index is 5.76. The molecule has 0 aromatic carbocycles. The summed E-state index contributed by atoms with van der Waals surface area (Å²) in [5, 5.41) is 3.11. The lowest BCUT2D eigenvalue weighted by molar-refractivity contribution is 0.578. The minimum atomic E-state index is 0.583. The van der Waals surface area contributed by atoms with Gasteiger partial charge in [0.1, 0.15) is 0 Å². The monoisotopic (exact) mass is 270 g/mol. The molecular weight excluding hydrogens is 236 g/mol. The SMILES string of the molecule is CCCCCCCCCCN=C(N)NCCCCN. The average molecular weight is 270 g/mol. The van der Waals surface area contributed by atoms with Crippen molar-refractivity contribution in [3.63, 3.8) is 0 Å². The normalized spacial score (nSPS) is 11.8. The molecule has 0 saturated carbocycles. The first-order valence-corrected chi connectivity index (χ1v) is 8.05. The average Bonchev–Trinajstić information content (AvgIpc) is 2.42. The Morgan fingerprint density at radius 1 is 0.895 bits per heavy atom. The predicted molar refractivity (Wildman–Crippen MR) is 85.4 cm³/mol. The van der Waals surface area contributed by atoms with E-state index in [1.807, 2.05) is 0 Å². The Morgan fingerprint density at radius 3 is 2.16 bits per heavy atom. The van der Waals surface area contributed by atoms with E-state index in [0.29, 0.717) is 5.96 Å². The second kappa shape index (κ2) is 15.3. The number of aliphatic imine (C=N–C) groups is 1. The van der Waals surface area contributed by atoms with E-state index >= 15 is 0 Å². The smallest absolute Gasteiger partial charge is 0.188 e. The first kappa shape index (κ1) is 18.2. The molecule has 19 heavy (non-hydrogen) atoms. The summed E-state index contributed by atoms with van der Waals surface area (Å²) in [6.07, 6.45) is 12.7. The molecule has 0 radical (unpaired) electrons. The number of hydrogen-bond acceptors (Lipinski definition) is 2. The zero-order chi connectivity index (χ0) is 14.2. The molecule has 0 amide bonds. The highest BCUT2D eigenvalue weighted by molar-refractivity contribution is 5.77. The standard InChI is InChI=1S/C15H34N4/c1-2-3-4-5-6-7-8-10-13-18-15(17)19-14-11-9-12-16/h2-14,16H2,1H3,(H3,17,18,19). The molecule has 0 spiro atoms. The van der Waals surface area contributed by atoms with E-state index in [1.54, 1.807) is 0 Å². The summed E-state index contributed by atoms with van der Waals surface area (Å²) in [6, 6.07) is 0. The van der Waals surface area contributed by atoms with Crippen molar-refractivity contribution in [3.8, 4) is 0 Å². The topological polar surface area (TPSA) is 76.4 Å². The summed E-state index contributed by atoms with van der Waals surface area (Å²) in [6.45, 7) is 4.73. The number of hydrogen-bond donors (Lipinski definition) is 3. The molecule has 0 atom stereocenters. The minimum absolute atomic E-state index is 0.583. The van der Waals surface area contributed by atoms with Crippen molar-refractivity contribution < 1.29 is 0 Å². The summed E-state index contributed by atoms with van der Waals surface area (Å²) < 4.78 is 0. The molecule has 0 unspecified atom stereocenters. The number of unbranched alkanes of at least 4 members (excludes halogenated alkanes) is 8. The van der Waals surface area contributed by atoms with Crippen LogP contribution in [0, 0.1) is 0 Å². The van der Waals surface area contributed by atoms with Crippen LogP contribution in [-0.4, -0.2) is 25.6 Å². The van der Waals surface area contributed by atoms with Gasteiger partial charge in [-0.1, -0.05) is 51.9 Å². The van der Waals surface area contributed by atoms with Crippen LogP contribution in [0.3, 0.4) is 0 Å². The van der Waals surface area contributed by atoms with Crippen molar-refractivity contribution in [1.82, 2.24) is 5.32 Å². The maximum Gasteiger partial charge on any atom is 0.188 e. The largest absolute Gasteiger partial charge is 0.370 e. The highest BCUT2D eigenvalue weighted by Gasteiger charge is 1.93. The van der Waals surface area contributed by atoms with Crippen molar-refractivity contribution in [2.75, 3.05) is 19.6 Å². The van der Waals surface area contributed by atoms with Gasteiger partial charge in [-0.15, -0.1) is 0 Å². The molecule has 114 valence electrons. The zero-order valence-electron chi connectivity index (χ0n) is 12.8. The molecule has 0 aromatic heterocycles. The molecule has 0 bridgehead atoms. The highest BCUT2D eigenvalue weighted by atomic mass is 15.1. The van der Waals surface area contributed by atoms with Crippen molar-refractivity contribution >= 4 is 5.96 Å². The van der Waals surface area contributed by atoms with E-state index in [4.69, 9.17) is 11.5 Å². The maximum absolute atomic E-state index is 5.76. The van der Waals surface area contributed by atoms with E-state index in [9.17, 15) is 0 Å². The summed E-state index contributed by atoms with van der Waals surface area (Å²) in [5.41, 5.74) is 11.2. The van der Waals surface area contributed by atoms with Crippen molar-refractivity contribution in [2.45, 2.75) is 71.1 Å². The third kappa shape index (κ3) is 15.2. The second-order valence-corrected chi connectivity index (χ2v) is 5.16. The summed E-state index contributed by atoms with van der Waals surface area (Å²) >= 11 is 0. The van der Waals surface area contributed by atoms with Gasteiger partial charge in [0, 0.05) is 13.1 Å².